The molecule has 0 aliphatic heterocycles. The second-order valence-corrected chi connectivity index (χ2v) is 4.37. The maximum Gasteiger partial charge on any atom is 0.259 e. The Balaban J connectivity index is 2.26. The van der Waals surface area contributed by atoms with E-state index in [0.29, 0.717) is 12.1 Å². The largest absolute Gasteiger partial charge is 0.326 e. The van der Waals surface area contributed by atoms with Crippen LogP contribution >= 0.6 is 0 Å². The average Bonchev–Trinajstić information content (AvgIpc) is 2.46. The molecular weight excluding hydrogens is 238 g/mol. The molecule has 0 saturated heterocycles. The molecule has 2 rings (SSSR count). The molecule has 2 N–H and O–H groups in total. The van der Waals surface area contributed by atoms with Crippen molar-refractivity contribution in [2.75, 3.05) is 11.9 Å². The number of aryl methyl sites for hydroxylation is 1. The van der Waals surface area contributed by atoms with Gasteiger partial charge in [0.05, 0.1) is 5.56 Å². The third-order valence-corrected chi connectivity index (χ3v) is 3.10. The van der Waals surface area contributed by atoms with Crippen molar-refractivity contribution >= 4 is 11.6 Å². The molecule has 19 heavy (non-hydrogen) atoms. The Kier molecular flexibility index (Phi) is 3.92. The Morgan fingerprint density at radius 2 is 1.95 bits per heavy atom. The fourth-order valence-corrected chi connectivity index (χ4v) is 1.86. The van der Waals surface area contributed by atoms with Gasteiger partial charge >= 0.3 is 0 Å². The molecule has 2 aromatic rings. The predicted molar refractivity (Wildman–Crippen MR) is 76.0 cm³/mol. The summed E-state index contributed by atoms with van der Waals surface area (Å²) < 4.78 is 0. The fraction of sp³-hybridized carbons (Fsp3) is 0.200. The zero-order valence-electron chi connectivity index (χ0n) is 11.1. The number of amides is 1. The van der Waals surface area contributed by atoms with E-state index in [1.54, 1.807) is 30.3 Å². The molecule has 1 heterocycles. The van der Waals surface area contributed by atoms with Crippen LogP contribution in [0.25, 0.3) is 0 Å². The number of benzene rings is 1. The first-order valence-electron chi connectivity index (χ1n) is 6.12. The van der Waals surface area contributed by atoms with E-state index in [1.807, 2.05) is 31.2 Å². The average molecular weight is 255 g/mol. The van der Waals surface area contributed by atoms with Crippen molar-refractivity contribution in [3.63, 3.8) is 0 Å². The normalized spacial score (nSPS) is 10.3. The van der Waals surface area contributed by atoms with Crippen molar-refractivity contribution in [2.45, 2.75) is 13.5 Å². The number of rotatable bonds is 3. The van der Waals surface area contributed by atoms with Crippen molar-refractivity contribution in [3.8, 4) is 0 Å². The zero-order valence-corrected chi connectivity index (χ0v) is 11.1. The standard InChI is InChI=1S/C15H17N3O/c1-11-14(4-3-9-17-11)15(19)18(2)13-7-5-12(10-16)6-8-13/h3-9H,10,16H2,1-2H3. The van der Waals surface area contributed by atoms with Crippen molar-refractivity contribution in [1.82, 2.24) is 4.98 Å². The summed E-state index contributed by atoms with van der Waals surface area (Å²) in [5, 5.41) is 0. The highest BCUT2D eigenvalue weighted by atomic mass is 16.2. The summed E-state index contributed by atoms with van der Waals surface area (Å²) in [4.78, 5) is 18.1. The first-order valence-corrected chi connectivity index (χ1v) is 6.12. The van der Waals surface area contributed by atoms with Gasteiger partial charge in [0.25, 0.3) is 5.91 Å². The van der Waals surface area contributed by atoms with Crippen LogP contribution in [0.2, 0.25) is 0 Å². The number of aromatic nitrogens is 1. The quantitative estimate of drug-likeness (QED) is 0.914. The topological polar surface area (TPSA) is 59.2 Å². The first kappa shape index (κ1) is 13.2. The monoisotopic (exact) mass is 255 g/mol. The molecule has 0 saturated carbocycles. The Labute approximate surface area is 112 Å². The van der Waals surface area contributed by atoms with E-state index >= 15 is 0 Å². The number of hydrogen-bond acceptors (Lipinski definition) is 3. The van der Waals surface area contributed by atoms with Gasteiger partial charge in [-0.1, -0.05) is 12.1 Å². The molecule has 0 bridgehead atoms. The molecule has 0 aliphatic rings. The molecule has 1 aromatic heterocycles. The molecule has 0 unspecified atom stereocenters. The van der Waals surface area contributed by atoms with Crippen LogP contribution < -0.4 is 10.6 Å². The predicted octanol–water partition coefficient (Wildman–Crippen LogP) is 2.13. The van der Waals surface area contributed by atoms with Gasteiger partial charge in [0, 0.05) is 31.2 Å². The smallest absolute Gasteiger partial charge is 0.259 e. The van der Waals surface area contributed by atoms with Crippen LogP contribution in [-0.2, 0) is 6.54 Å². The molecule has 98 valence electrons. The van der Waals surface area contributed by atoms with E-state index < -0.39 is 0 Å². The maximum atomic E-state index is 12.4. The SMILES string of the molecule is Cc1ncccc1C(=O)N(C)c1ccc(CN)cc1. The van der Waals surface area contributed by atoms with Crippen LogP contribution in [0.4, 0.5) is 5.69 Å². The fourth-order valence-electron chi connectivity index (χ4n) is 1.86. The Morgan fingerprint density at radius 1 is 1.26 bits per heavy atom. The Morgan fingerprint density at radius 3 is 2.53 bits per heavy atom. The lowest BCUT2D eigenvalue weighted by Gasteiger charge is -2.18. The van der Waals surface area contributed by atoms with Gasteiger partial charge in [-0.05, 0) is 36.8 Å². The van der Waals surface area contributed by atoms with Crippen molar-refractivity contribution in [2.24, 2.45) is 5.73 Å². The van der Waals surface area contributed by atoms with Crippen LogP contribution in [0.5, 0.6) is 0 Å². The van der Waals surface area contributed by atoms with Gasteiger partial charge in [-0.3, -0.25) is 9.78 Å². The minimum absolute atomic E-state index is 0.0638. The lowest BCUT2D eigenvalue weighted by Crippen LogP contribution is -2.27. The summed E-state index contributed by atoms with van der Waals surface area (Å²) in [7, 11) is 1.76. The summed E-state index contributed by atoms with van der Waals surface area (Å²) in [6.45, 7) is 2.33. The highest BCUT2D eigenvalue weighted by Gasteiger charge is 2.15. The van der Waals surface area contributed by atoms with Crippen molar-refractivity contribution in [1.29, 1.82) is 0 Å². The van der Waals surface area contributed by atoms with Gasteiger partial charge < -0.3 is 10.6 Å². The van der Waals surface area contributed by atoms with E-state index in [1.165, 1.54) is 0 Å². The van der Waals surface area contributed by atoms with Crippen LogP contribution in [0, 0.1) is 6.92 Å². The first-order chi connectivity index (χ1) is 9.13. The molecular formula is C15H17N3O. The Hall–Kier alpha value is -2.20. The van der Waals surface area contributed by atoms with Crippen LogP contribution in [0.1, 0.15) is 21.6 Å². The van der Waals surface area contributed by atoms with Crippen molar-refractivity contribution in [3.05, 3.63) is 59.4 Å². The highest BCUT2D eigenvalue weighted by molar-refractivity contribution is 6.06. The molecule has 1 amide bonds. The molecule has 1 aromatic carbocycles. The van der Waals surface area contributed by atoms with E-state index in [9.17, 15) is 4.79 Å². The van der Waals surface area contributed by atoms with Gasteiger partial charge in [-0.25, -0.2) is 0 Å². The minimum Gasteiger partial charge on any atom is -0.326 e. The van der Waals surface area contributed by atoms with Gasteiger partial charge in [0.1, 0.15) is 0 Å². The summed E-state index contributed by atoms with van der Waals surface area (Å²) in [5.41, 5.74) is 8.79. The van der Waals surface area contributed by atoms with Crippen LogP contribution in [-0.4, -0.2) is 17.9 Å². The number of carbonyl (C=O) groups excluding carboxylic acids is 1. The van der Waals surface area contributed by atoms with E-state index in [4.69, 9.17) is 5.73 Å². The second-order valence-electron chi connectivity index (χ2n) is 4.37. The zero-order chi connectivity index (χ0) is 13.8. The van der Waals surface area contributed by atoms with E-state index in [0.717, 1.165) is 16.9 Å². The summed E-state index contributed by atoms with van der Waals surface area (Å²) in [6, 6.07) is 11.2. The second kappa shape index (κ2) is 5.63. The number of hydrogen-bond donors (Lipinski definition) is 1. The molecule has 0 atom stereocenters. The number of pyridine rings is 1. The van der Waals surface area contributed by atoms with Crippen LogP contribution in [0.15, 0.2) is 42.6 Å². The molecule has 0 radical (unpaired) electrons. The maximum absolute atomic E-state index is 12.4. The van der Waals surface area contributed by atoms with Gasteiger partial charge in [0.2, 0.25) is 0 Å². The number of nitrogens with two attached hydrogens (primary N) is 1. The van der Waals surface area contributed by atoms with E-state index in [2.05, 4.69) is 4.98 Å². The summed E-state index contributed by atoms with van der Waals surface area (Å²) >= 11 is 0. The minimum atomic E-state index is -0.0638. The van der Waals surface area contributed by atoms with Gasteiger partial charge in [0.15, 0.2) is 0 Å². The van der Waals surface area contributed by atoms with Crippen LogP contribution in [0.3, 0.4) is 0 Å². The summed E-state index contributed by atoms with van der Waals surface area (Å²) in [6.07, 6.45) is 1.68. The number of anilines is 1. The van der Waals surface area contributed by atoms with E-state index in [-0.39, 0.29) is 5.91 Å². The third-order valence-electron chi connectivity index (χ3n) is 3.10. The number of carbonyl (C=O) groups is 1. The Bertz CT molecular complexity index is 578. The number of nitrogens with zero attached hydrogens (tertiary/aromatic N) is 2. The molecule has 0 fully saturated rings. The van der Waals surface area contributed by atoms with Gasteiger partial charge in [-0.2, -0.15) is 0 Å². The van der Waals surface area contributed by atoms with Gasteiger partial charge in [-0.15, -0.1) is 0 Å². The highest BCUT2D eigenvalue weighted by Crippen LogP contribution is 2.17. The summed E-state index contributed by atoms with van der Waals surface area (Å²) in [5.74, 6) is -0.0638. The third kappa shape index (κ3) is 2.80. The lowest BCUT2D eigenvalue weighted by atomic mass is 10.1. The molecule has 0 aliphatic carbocycles. The van der Waals surface area contributed by atoms with Crippen molar-refractivity contribution < 1.29 is 4.79 Å². The molecule has 4 nitrogen and oxygen atoms in total. The molecule has 0 spiro atoms. The lowest BCUT2D eigenvalue weighted by molar-refractivity contribution is 0.0992. The molecule has 4 heteroatoms.